The minimum Gasteiger partial charge on any atom is -0.469 e. The van der Waals surface area contributed by atoms with Gasteiger partial charge in [0.2, 0.25) is 0 Å². The van der Waals surface area contributed by atoms with Gasteiger partial charge in [-0.25, -0.2) is 9.78 Å². The van der Waals surface area contributed by atoms with Crippen molar-refractivity contribution in [2.45, 2.75) is 31.3 Å². The summed E-state index contributed by atoms with van der Waals surface area (Å²) in [5.74, 6) is -2.52. The number of ketones is 1. The molecule has 3 rings (SSSR count). The highest BCUT2D eigenvalue weighted by molar-refractivity contribution is 6.03. The van der Waals surface area contributed by atoms with Crippen LogP contribution in [0.25, 0.3) is 11.1 Å². The summed E-state index contributed by atoms with van der Waals surface area (Å²) in [6, 6.07) is 4.36. The van der Waals surface area contributed by atoms with Gasteiger partial charge in [0.25, 0.3) is 5.89 Å². The van der Waals surface area contributed by atoms with E-state index in [0.29, 0.717) is 0 Å². The lowest BCUT2D eigenvalue weighted by atomic mass is 9.85. The quantitative estimate of drug-likeness (QED) is 0.665. The Labute approximate surface area is 170 Å². The fourth-order valence-electron chi connectivity index (χ4n) is 3.05. The van der Waals surface area contributed by atoms with E-state index in [9.17, 15) is 24.3 Å². The largest absolute Gasteiger partial charge is 0.469 e. The first-order valence-corrected chi connectivity index (χ1v) is 9.10. The SMILES string of the molecule is COC(=O)CCC1(O)C=C(NC(=O)c2nc3cc(C(=O)OC)ccc3o2)C(=O)CC1. The molecule has 2 N–H and O–H groups in total. The standard InChI is InChI=1S/C20H20N2O8/c1-28-16(24)6-8-20(27)7-5-14(23)13(10-20)21-17(25)18-22-12-9-11(19(26)29-2)3-4-15(12)30-18/h3-4,9-10,27H,5-8H2,1-2H3,(H,21,25). The number of aromatic nitrogens is 1. The molecule has 1 atom stereocenters. The molecule has 1 aliphatic rings. The molecule has 30 heavy (non-hydrogen) atoms. The van der Waals surface area contributed by atoms with E-state index in [1.54, 1.807) is 0 Å². The van der Waals surface area contributed by atoms with Crippen LogP contribution >= 0.6 is 0 Å². The van der Waals surface area contributed by atoms with E-state index in [1.165, 1.54) is 38.5 Å². The van der Waals surface area contributed by atoms with Crippen molar-refractivity contribution >= 4 is 34.7 Å². The van der Waals surface area contributed by atoms with Gasteiger partial charge in [-0.2, -0.15) is 0 Å². The fraction of sp³-hybridized carbons (Fsp3) is 0.350. The van der Waals surface area contributed by atoms with Gasteiger partial charge in [0.1, 0.15) is 5.52 Å². The molecule has 0 radical (unpaired) electrons. The zero-order chi connectivity index (χ0) is 21.9. The monoisotopic (exact) mass is 416 g/mol. The summed E-state index contributed by atoms with van der Waals surface area (Å²) < 4.78 is 14.6. The normalized spacial score (nSPS) is 18.6. The van der Waals surface area contributed by atoms with Gasteiger partial charge in [-0.15, -0.1) is 0 Å². The van der Waals surface area contributed by atoms with Crippen molar-refractivity contribution in [1.82, 2.24) is 10.3 Å². The average Bonchev–Trinajstić information content (AvgIpc) is 3.17. The van der Waals surface area contributed by atoms with Gasteiger partial charge in [0, 0.05) is 12.8 Å². The number of nitrogens with zero attached hydrogens (tertiary/aromatic N) is 1. The number of fused-ring (bicyclic) bond motifs is 1. The van der Waals surface area contributed by atoms with Crippen molar-refractivity contribution in [2.24, 2.45) is 0 Å². The number of carbonyl (C=O) groups is 4. The Bertz CT molecular complexity index is 1050. The number of hydrogen-bond acceptors (Lipinski definition) is 9. The second-order valence-corrected chi connectivity index (χ2v) is 6.81. The molecule has 0 saturated heterocycles. The number of esters is 2. The van der Waals surface area contributed by atoms with Gasteiger partial charge < -0.3 is 24.3 Å². The summed E-state index contributed by atoms with van der Waals surface area (Å²) in [6.07, 6.45) is 1.37. The van der Waals surface area contributed by atoms with Crippen LogP contribution in [0.3, 0.4) is 0 Å². The Morgan fingerprint density at radius 1 is 1.27 bits per heavy atom. The first-order chi connectivity index (χ1) is 14.2. The minimum absolute atomic E-state index is 0.000165. The Hall–Kier alpha value is -3.53. The minimum atomic E-state index is -1.43. The molecule has 1 aromatic carbocycles. The predicted molar refractivity (Wildman–Crippen MR) is 101 cm³/mol. The molecule has 1 unspecified atom stereocenters. The lowest BCUT2D eigenvalue weighted by Gasteiger charge is -2.29. The van der Waals surface area contributed by atoms with E-state index in [2.05, 4.69) is 19.8 Å². The third-order valence-corrected chi connectivity index (χ3v) is 4.74. The van der Waals surface area contributed by atoms with Crippen LogP contribution in [0, 0.1) is 0 Å². The maximum absolute atomic E-state index is 12.5. The smallest absolute Gasteiger partial charge is 0.337 e. The summed E-state index contributed by atoms with van der Waals surface area (Å²) >= 11 is 0. The Kier molecular flexibility index (Phi) is 5.97. The number of benzene rings is 1. The Morgan fingerprint density at radius 2 is 2.03 bits per heavy atom. The lowest BCUT2D eigenvalue weighted by molar-refractivity contribution is -0.141. The van der Waals surface area contributed by atoms with Crippen molar-refractivity contribution in [2.75, 3.05) is 14.2 Å². The number of carbonyl (C=O) groups excluding carboxylic acids is 4. The van der Waals surface area contributed by atoms with Crippen LogP contribution in [-0.4, -0.2) is 53.5 Å². The number of nitrogens with one attached hydrogen (secondary N) is 1. The maximum Gasteiger partial charge on any atom is 0.337 e. The Balaban J connectivity index is 1.78. The fourth-order valence-corrected chi connectivity index (χ4v) is 3.05. The average molecular weight is 416 g/mol. The number of oxazole rings is 1. The van der Waals surface area contributed by atoms with Crippen molar-refractivity contribution in [3.8, 4) is 0 Å². The zero-order valence-electron chi connectivity index (χ0n) is 16.4. The molecule has 0 saturated carbocycles. The van der Waals surface area contributed by atoms with Crippen LogP contribution < -0.4 is 5.32 Å². The molecular weight excluding hydrogens is 396 g/mol. The maximum atomic E-state index is 12.5. The van der Waals surface area contributed by atoms with E-state index < -0.39 is 23.4 Å². The third kappa shape index (κ3) is 4.54. The third-order valence-electron chi connectivity index (χ3n) is 4.74. The van der Waals surface area contributed by atoms with E-state index in [0.717, 1.165) is 0 Å². The van der Waals surface area contributed by atoms with Crippen LogP contribution in [0.1, 0.15) is 46.7 Å². The molecule has 0 fully saturated rings. The molecule has 1 heterocycles. The number of allylic oxidation sites excluding steroid dienone is 1. The molecule has 1 aliphatic carbocycles. The molecule has 1 aromatic heterocycles. The summed E-state index contributed by atoms with van der Waals surface area (Å²) in [4.78, 5) is 51.7. The number of amides is 1. The number of rotatable bonds is 6. The highest BCUT2D eigenvalue weighted by Gasteiger charge is 2.33. The van der Waals surface area contributed by atoms with Gasteiger partial charge in [0.05, 0.1) is 31.1 Å². The second kappa shape index (κ2) is 8.46. The molecule has 158 valence electrons. The summed E-state index contributed by atoms with van der Waals surface area (Å²) in [7, 11) is 2.49. The zero-order valence-corrected chi connectivity index (χ0v) is 16.4. The number of ether oxygens (including phenoxy) is 2. The van der Waals surface area contributed by atoms with Crippen molar-refractivity contribution in [3.05, 3.63) is 41.4 Å². The second-order valence-electron chi connectivity index (χ2n) is 6.81. The van der Waals surface area contributed by atoms with E-state index in [1.807, 2.05) is 0 Å². The molecule has 0 aliphatic heterocycles. The first kappa shape index (κ1) is 21.2. The molecule has 0 spiro atoms. The lowest BCUT2D eigenvalue weighted by Crippen LogP contribution is -2.38. The van der Waals surface area contributed by atoms with Crippen molar-refractivity contribution < 1.29 is 38.2 Å². The Morgan fingerprint density at radius 3 is 2.73 bits per heavy atom. The molecule has 2 aromatic rings. The highest BCUT2D eigenvalue weighted by Crippen LogP contribution is 2.28. The van der Waals surface area contributed by atoms with Crippen molar-refractivity contribution in [3.63, 3.8) is 0 Å². The topological polar surface area (TPSA) is 145 Å². The molecule has 10 nitrogen and oxygen atoms in total. The van der Waals surface area contributed by atoms with Gasteiger partial charge in [0.15, 0.2) is 11.4 Å². The van der Waals surface area contributed by atoms with Crippen LogP contribution in [0.2, 0.25) is 0 Å². The van der Waals surface area contributed by atoms with Gasteiger partial charge in [-0.1, -0.05) is 0 Å². The van der Waals surface area contributed by atoms with Crippen LogP contribution in [-0.2, 0) is 19.1 Å². The summed E-state index contributed by atoms with van der Waals surface area (Å²) in [6.45, 7) is 0. The molecular formula is C20H20N2O8. The molecule has 0 bridgehead atoms. The van der Waals surface area contributed by atoms with Gasteiger partial charge in [-0.05, 0) is 37.1 Å². The summed E-state index contributed by atoms with van der Waals surface area (Å²) in [5.41, 5.74) is -0.753. The van der Waals surface area contributed by atoms with Crippen molar-refractivity contribution in [1.29, 1.82) is 0 Å². The van der Waals surface area contributed by atoms with Gasteiger partial charge >= 0.3 is 17.8 Å². The number of hydrogen-bond donors (Lipinski definition) is 2. The molecule has 1 amide bonds. The highest BCUT2D eigenvalue weighted by atomic mass is 16.5. The van der Waals surface area contributed by atoms with E-state index >= 15 is 0 Å². The van der Waals surface area contributed by atoms with Crippen LogP contribution in [0.15, 0.2) is 34.4 Å². The number of aliphatic hydroxyl groups is 1. The van der Waals surface area contributed by atoms with E-state index in [4.69, 9.17) is 4.42 Å². The number of methoxy groups -OCH3 is 2. The van der Waals surface area contributed by atoms with E-state index in [-0.39, 0.29) is 59.7 Å². The first-order valence-electron chi connectivity index (χ1n) is 9.10. The molecule has 10 heteroatoms. The van der Waals surface area contributed by atoms with Crippen LogP contribution in [0.5, 0.6) is 0 Å². The van der Waals surface area contributed by atoms with Gasteiger partial charge in [-0.3, -0.25) is 14.4 Å². The summed E-state index contributed by atoms with van der Waals surface area (Å²) in [5, 5.41) is 13.0. The predicted octanol–water partition coefficient (Wildman–Crippen LogP) is 1.28. The van der Waals surface area contributed by atoms with Crippen LogP contribution in [0.4, 0.5) is 0 Å². The number of Topliss-reactive ketones (excluding diaryl/α,β-unsaturated/α-hetero) is 1.